The van der Waals surface area contributed by atoms with Crippen molar-refractivity contribution in [1.29, 1.82) is 0 Å². The number of halogens is 1. The molecule has 0 aliphatic heterocycles. The van der Waals surface area contributed by atoms with Gasteiger partial charge in [0.05, 0.1) is 11.9 Å². The van der Waals surface area contributed by atoms with E-state index in [9.17, 15) is 14.0 Å². The van der Waals surface area contributed by atoms with E-state index in [1.165, 1.54) is 30.5 Å². The number of carbonyl (C=O) groups excluding carboxylic acids is 1. The molecule has 0 radical (unpaired) electrons. The zero-order valence-corrected chi connectivity index (χ0v) is 21.0. The van der Waals surface area contributed by atoms with E-state index in [2.05, 4.69) is 20.7 Å². The van der Waals surface area contributed by atoms with Gasteiger partial charge in [-0.3, -0.25) is 14.6 Å². The maximum Gasteiger partial charge on any atom is 0.299 e. The average Bonchev–Trinajstić information content (AvgIpc) is 2.96. The maximum absolute atomic E-state index is 13.6. The van der Waals surface area contributed by atoms with Crippen molar-refractivity contribution in [2.24, 2.45) is 0 Å². The first-order chi connectivity index (χ1) is 19.0. The lowest BCUT2D eigenvalue weighted by molar-refractivity contribution is 0.0951. The minimum atomic E-state index is -0.516. The largest absolute Gasteiger partial charge is 0.453 e. The molecule has 39 heavy (non-hydrogen) atoms. The number of hydrogen-bond acceptors (Lipinski definition) is 6. The van der Waals surface area contributed by atoms with Crippen LogP contribution in [0, 0.1) is 12.7 Å². The van der Waals surface area contributed by atoms with Gasteiger partial charge in [0.15, 0.2) is 11.4 Å². The van der Waals surface area contributed by atoms with Gasteiger partial charge in [0.2, 0.25) is 0 Å². The summed E-state index contributed by atoms with van der Waals surface area (Å²) in [6, 6.07) is 23.2. The van der Waals surface area contributed by atoms with Crippen molar-refractivity contribution in [3.05, 3.63) is 136 Å². The number of carbonyl (C=O) groups is 1. The number of anilines is 2. The minimum absolute atomic E-state index is 0.0998. The molecule has 0 atom stereocenters. The molecule has 3 aromatic carbocycles. The Morgan fingerprint density at radius 3 is 2.51 bits per heavy atom. The summed E-state index contributed by atoms with van der Waals surface area (Å²) in [5, 5.41) is 10.2. The lowest BCUT2D eigenvalue weighted by Gasteiger charge is -2.15. The second-order valence-corrected chi connectivity index (χ2v) is 8.74. The van der Waals surface area contributed by atoms with E-state index in [0.717, 1.165) is 15.8 Å². The number of nitrogens with zero attached hydrogens (tertiary/aromatic N) is 3. The van der Waals surface area contributed by atoms with E-state index in [0.29, 0.717) is 29.2 Å². The Morgan fingerprint density at radius 2 is 1.77 bits per heavy atom. The molecule has 0 unspecified atom stereocenters. The Bertz CT molecular complexity index is 1650. The maximum atomic E-state index is 13.6. The van der Waals surface area contributed by atoms with Gasteiger partial charge in [0.25, 0.3) is 11.5 Å². The van der Waals surface area contributed by atoms with Crippen LogP contribution in [0.1, 0.15) is 21.5 Å². The molecule has 5 rings (SSSR count). The number of rotatable bonds is 8. The predicted molar refractivity (Wildman–Crippen MR) is 146 cm³/mol. The van der Waals surface area contributed by atoms with Crippen molar-refractivity contribution in [1.82, 2.24) is 20.1 Å². The van der Waals surface area contributed by atoms with Gasteiger partial charge in [-0.1, -0.05) is 29.8 Å². The van der Waals surface area contributed by atoms with Crippen LogP contribution >= 0.6 is 0 Å². The summed E-state index contributed by atoms with van der Waals surface area (Å²) in [4.78, 5) is 30.4. The first kappa shape index (κ1) is 25.3. The topological polar surface area (TPSA) is 98.1 Å². The molecule has 2 aromatic heterocycles. The van der Waals surface area contributed by atoms with Crippen LogP contribution in [-0.4, -0.2) is 20.7 Å². The van der Waals surface area contributed by atoms with Gasteiger partial charge < -0.3 is 15.4 Å². The third-order valence-corrected chi connectivity index (χ3v) is 5.83. The molecule has 0 saturated heterocycles. The van der Waals surface area contributed by atoms with Crippen molar-refractivity contribution in [2.75, 3.05) is 5.32 Å². The summed E-state index contributed by atoms with van der Waals surface area (Å²) in [5.74, 6) is 0.00161. The molecule has 2 heterocycles. The Morgan fingerprint density at radius 1 is 0.974 bits per heavy atom. The van der Waals surface area contributed by atoms with Crippen molar-refractivity contribution >= 4 is 17.3 Å². The van der Waals surface area contributed by atoms with Gasteiger partial charge in [-0.2, -0.15) is 9.78 Å². The first-order valence-corrected chi connectivity index (χ1v) is 12.1. The standard InChI is InChI=1S/C30H24FN5O3/c1-20-7-13-26(14-8-20)39-27-19-34-36(25-11-9-23(31)10-12-25)30(38)28(27)35-24-6-2-5-22(16-24)29(37)33-18-21-4-3-15-32-17-21/h2-17,19,35H,18H2,1H3,(H,33,37). The van der Waals surface area contributed by atoms with Crippen molar-refractivity contribution in [2.45, 2.75) is 13.5 Å². The van der Waals surface area contributed by atoms with Gasteiger partial charge in [-0.15, -0.1) is 0 Å². The van der Waals surface area contributed by atoms with Gasteiger partial charge in [-0.05, 0) is 73.2 Å². The molecule has 8 nitrogen and oxygen atoms in total. The highest BCUT2D eigenvalue weighted by atomic mass is 19.1. The molecule has 9 heteroatoms. The van der Waals surface area contributed by atoms with Crippen LogP contribution in [0.2, 0.25) is 0 Å². The van der Waals surface area contributed by atoms with Crippen LogP contribution in [-0.2, 0) is 6.54 Å². The van der Waals surface area contributed by atoms with E-state index < -0.39 is 11.4 Å². The molecule has 2 N–H and O–H groups in total. The molecule has 194 valence electrons. The predicted octanol–water partition coefficient (Wildman–Crippen LogP) is 5.54. The first-order valence-electron chi connectivity index (χ1n) is 12.1. The number of aromatic nitrogens is 3. The zero-order chi connectivity index (χ0) is 27.2. The number of ether oxygens (including phenoxy) is 1. The van der Waals surface area contributed by atoms with Crippen LogP contribution in [0.4, 0.5) is 15.8 Å². The minimum Gasteiger partial charge on any atom is -0.453 e. The van der Waals surface area contributed by atoms with Crippen molar-refractivity contribution in [3.63, 3.8) is 0 Å². The second kappa shape index (κ2) is 11.4. The summed E-state index contributed by atoms with van der Waals surface area (Å²) in [6.07, 6.45) is 4.77. The van der Waals surface area contributed by atoms with Crippen molar-refractivity contribution in [3.8, 4) is 17.2 Å². The Hall–Kier alpha value is -5.31. The molecule has 0 aliphatic rings. The van der Waals surface area contributed by atoms with E-state index >= 15 is 0 Å². The third kappa shape index (κ3) is 6.16. The van der Waals surface area contributed by atoms with Crippen molar-refractivity contribution < 1.29 is 13.9 Å². The van der Waals surface area contributed by atoms with Gasteiger partial charge >= 0.3 is 0 Å². The summed E-state index contributed by atoms with van der Waals surface area (Å²) in [6.45, 7) is 2.29. The fraction of sp³-hybridized carbons (Fsp3) is 0.0667. The van der Waals surface area contributed by atoms with Crippen LogP contribution in [0.25, 0.3) is 5.69 Å². The summed E-state index contributed by atoms with van der Waals surface area (Å²) < 4.78 is 20.6. The Balaban J connectivity index is 1.46. The highest BCUT2D eigenvalue weighted by molar-refractivity contribution is 5.95. The molecule has 0 fully saturated rings. The quantitative estimate of drug-likeness (QED) is 0.278. The molecule has 1 amide bonds. The highest BCUT2D eigenvalue weighted by Crippen LogP contribution is 2.29. The van der Waals surface area contributed by atoms with Crippen LogP contribution < -0.4 is 20.9 Å². The molecule has 0 spiro atoms. The van der Waals surface area contributed by atoms with E-state index in [4.69, 9.17) is 4.74 Å². The van der Waals surface area contributed by atoms with Gasteiger partial charge in [-0.25, -0.2) is 4.39 Å². The van der Waals surface area contributed by atoms with Gasteiger partial charge in [0, 0.05) is 30.2 Å². The number of nitrogens with one attached hydrogen (secondary N) is 2. The Labute approximate surface area is 223 Å². The molecular formula is C30H24FN5O3. The molecule has 0 saturated carbocycles. The summed E-state index contributed by atoms with van der Waals surface area (Å²) >= 11 is 0. The zero-order valence-electron chi connectivity index (χ0n) is 21.0. The number of pyridine rings is 1. The SMILES string of the molecule is Cc1ccc(Oc2cnn(-c3ccc(F)cc3)c(=O)c2Nc2cccc(C(=O)NCc3cccnc3)c2)cc1. The number of amides is 1. The fourth-order valence-corrected chi connectivity index (χ4v) is 3.80. The average molecular weight is 522 g/mol. The smallest absolute Gasteiger partial charge is 0.299 e. The van der Waals surface area contributed by atoms with Crippen LogP contribution in [0.15, 0.2) is 108 Å². The molecule has 0 bridgehead atoms. The third-order valence-electron chi connectivity index (χ3n) is 5.83. The number of hydrogen-bond donors (Lipinski definition) is 2. The lowest BCUT2D eigenvalue weighted by Crippen LogP contribution is -2.24. The van der Waals surface area contributed by atoms with Gasteiger partial charge in [0.1, 0.15) is 11.6 Å². The van der Waals surface area contributed by atoms with E-state index in [1.807, 2.05) is 25.1 Å². The summed E-state index contributed by atoms with van der Waals surface area (Å²) in [5.41, 5.74) is 2.79. The monoisotopic (exact) mass is 521 g/mol. The lowest BCUT2D eigenvalue weighted by atomic mass is 10.1. The van der Waals surface area contributed by atoms with E-state index in [1.54, 1.807) is 54.9 Å². The Kier molecular flexibility index (Phi) is 7.40. The molecule has 5 aromatic rings. The van der Waals surface area contributed by atoms with Crippen LogP contribution in [0.5, 0.6) is 11.5 Å². The molecule has 0 aliphatic carbocycles. The fourth-order valence-electron chi connectivity index (χ4n) is 3.80. The summed E-state index contributed by atoms with van der Waals surface area (Å²) in [7, 11) is 0. The van der Waals surface area contributed by atoms with E-state index in [-0.39, 0.29) is 17.3 Å². The second-order valence-electron chi connectivity index (χ2n) is 8.74. The number of benzene rings is 3. The highest BCUT2D eigenvalue weighted by Gasteiger charge is 2.16. The number of aryl methyl sites for hydroxylation is 1. The van der Waals surface area contributed by atoms with Crippen LogP contribution in [0.3, 0.4) is 0 Å². The normalized spacial score (nSPS) is 10.6. The molecular weight excluding hydrogens is 497 g/mol.